The minimum atomic E-state index is -0.345. The quantitative estimate of drug-likeness (QED) is 0.808. The molecule has 3 rings (SSSR count). The predicted molar refractivity (Wildman–Crippen MR) is 72.4 cm³/mol. The molecule has 4 atom stereocenters. The van der Waals surface area contributed by atoms with Crippen molar-refractivity contribution in [3.05, 3.63) is 24.3 Å². The number of anilines is 2. The zero-order valence-corrected chi connectivity index (χ0v) is 11.3. The van der Waals surface area contributed by atoms with E-state index in [0.29, 0.717) is 11.4 Å². The van der Waals surface area contributed by atoms with Gasteiger partial charge in [0.2, 0.25) is 0 Å². The molecule has 0 radical (unpaired) electrons. The van der Waals surface area contributed by atoms with E-state index in [1.165, 1.54) is 0 Å². The first-order valence-electron chi connectivity index (χ1n) is 6.57. The van der Waals surface area contributed by atoms with Gasteiger partial charge in [-0.2, -0.15) is 0 Å². The van der Waals surface area contributed by atoms with E-state index in [2.05, 4.69) is 10.6 Å². The van der Waals surface area contributed by atoms with Gasteiger partial charge in [0, 0.05) is 11.4 Å². The van der Waals surface area contributed by atoms with Gasteiger partial charge in [0.05, 0.1) is 12.2 Å². The van der Waals surface area contributed by atoms with Crippen LogP contribution in [0.15, 0.2) is 24.3 Å². The van der Waals surface area contributed by atoms with Crippen LogP contribution in [0, 0.1) is 0 Å². The van der Waals surface area contributed by atoms with E-state index in [4.69, 9.17) is 9.47 Å². The Bertz CT molecular complexity index is 494. The topological polar surface area (TPSA) is 83.3 Å². The number of carbonyl (C=O) groups is 2. The fourth-order valence-corrected chi connectivity index (χ4v) is 1.99. The number of amides is 2. The van der Waals surface area contributed by atoms with Crippen LogP contribution in [-0.4, -0.2) is 36.2 Å². The summed E-state index contributed by atoms with van der Waals surface area (Å²) in [6.07, 6.45) is -0.700. The third-order valence-electron chi connectivity index (χ3n) is 3.36. The van der Waals surface area contributed by atoms with Gasteiger partial charge in [0.1, 0.15) is 0 Å². The molecule has 2 N–H and O–H groups in total. The Morgan fingerprint density at radius 2 is 1.15 bits per heavy atom. The molecular weight excluding hydrogens is 260 g/mol. The zero-order valence-electron chi connectivity index (χ0n) is 11.3. The Hall–Kier alpha value is -1.92. The van der Waals surface area contributed by atoms with Crippen molar-refractivity contribution >= 4 is 23.2 Å². The molecule has 4 unspecified atom stereocenters. The predicted octanol–water partition coefficient (Wildman–Crippen LogP) is 1.14. The Morgan fingerprint density at radius 3 is 1.40 bits per heavy atom. The van der Waals surface area contributed by atoms with Crippen LogP contribution in [0.3, 0.4) is 0 Å². The molecule has 2 amide bonds. The number of hydrogen-bond acceptors (Lipinski definition) is 4. The maximum atomic E-state index is 11.7. The van der Waals surface area contributed by atoms with Gasteiger partial charge in [-0.15, -0.1) is 0 Å². The molecule has 0 spiro atoms. The highest BCUT2D eigenvalue weighted by Gasteiger charge is 2.41. The van der Waals surface area contributed by atoms with Gasteiger partial charge in [0.15, 0.2) is 12.2 Å². The van der Waals surface area contributed by atoms with Gasteiger partial charge in [-0.05, 0) is 38.1 Å². The Kier molecular flexibility index (Phi) is 3.19. The van der Waals surface area contributed by atoms with E-state index >= 15 is 0 Å². The van der Waals surface area contributed by atoms with E-state index in [1.54, 1.807) is 24.3 Å². The Labute approximate surface area is 116 Å². The third kappa shape index (κ3) is 2.81. The fraction of sp³-hybridized carbons (Fsp3) is 0.429. The van der Waals surface area contributed by atoms with Crippen LogP contribution in [0.5, 0.6) is 0 Å². The van der Waals surface area contributed by atoms with Gasteiger partial charge in [-0.3, -0.25) is 9.59 Å². The molecule has 0 aliphatic carbocycles. The second kappa shape index (κ2) is 4.88. The molecule has 2 aliphatic rings. The molecule has 1 aromatic carbocycles. The van der Waals surface area contributed by atoms with Crippen molar-refractivity contribution in [1.29, 1.82) is 0 Å². The lowest BCUT2D eigenvalue weighted by Gasteiger charge is -2.06. The van der Waals surface area contributed by atoms with Gasteiger partial charge >= 0.3 is 0 Å². The summed E-state index contributed by atoms with van der Waals surface area (Å²) in [6, 6.07) is 6.94. The molecule has 2 heterocycles. The fourth-order valence-electron chi connectivity index (χ4n) is 1.99. The number of carbonyl (C=O) groups excluding carboxylic acids is 2. The summed E-state index contributed by atoms with van der Waals surface area (Å²) in [7, 11) is 0. The van der Waals surface area contributed by atoms with Crippen LogP contribution >= 0.6 is 0 Å². The van der Waals surface area contributed by atoms with Crippen molar-refractivity contribution in [2.75, 3.05) is 10.6 Å². The minimum absolute atomic E-state index is 0.00547. The van der Waals surface area contributed by atoms with Crippen molar-refractivity contribution in [3.63, 3.8) is 0 Å². The molecule has 6 nitrogen and oxygen atoms in total. The number of epoxide rings is 2. The summed E-state index contributed by atoms with van der Waals surface area (Å²) in [4.78, 5) is 23.3. The van der Waals surface area contributed by atoms with E-state index in [1.807, 2.05) is 13.8 Å². The highest BCUT2D eigenvalue weighted by Crippen LogP contribution is 2.24. The summed E-state index contributed by atoms with van der Waals surface area (Å²) >= 11 is 0. The second-order valence-corrected chi connectivity index (χ2v) is 5.08. The number of hydrogen-bond donors (Lipinski definition) is 2. The Morgan fingerprint density at radius 1 is 0.850 bits per heavy atom. The molecule has 0 aromatic heterocycles. The van der Waals surface area contributed by atoms with Gasteiger partial charge < -0.3 is 20.1 Å². The summed E-state index contributed by atoms with van der Waals surface area (Å²) in [5.41, 5.74) is 1.35. The molecule has 6 heteroatoms. The second-order valence-electron chi connectivity index (χ2n) is 5.08. The van der Waals surface area contributed by atoms with Crippen LogP contribution in [0.2, 0.25) is 0 Å². The van der Waals surface area contributed by atoms with Crippen molar-refractivity contribution < 1.29 is 19.1 Å². The lowest BCUT2D eigenvalue weighted by Crippen LogP contribution is -2.20. The largest absolute Gasteiger partial charge is 0.359 e. The Balaban J connectivity index is 1.54. The van der Waals surface area contributed by atoms with Crippen molar-refractivity contribution in [1.82, 2.24) is 0 Å². The monoisotopic (exact) mass is 276 g/mol. The van der Waals surface area contributed by atoms with Crippen LogP contribution in [-0.2, 0) is 19.1 Å². The number of ether oxygens (including phenoxy) is 2. The van der Waals surface area contributed by atoms with Gasteiger partial charge in [-0.25, -0.2) is 0 Å². The SMILES string of the molecule is CC1OC1C(=O)Nc1ccc(NC(=O)C2OC2C)cc1. The lowest BCUT2D eigenvalue weighted by atomic mass is 10.2. The van der Waals surface area contributed by atoms with Crippen molar-refractivity contribution in [2.24, 2.45) is 0 Å². The third-order valence-corrected chi connectivity index (χ3v) is 3.36. The smallest absolute Gasteiger partial charge is 0.256 e. The highest BCUT2D eigenvalue weighted by atomic mass is 16.6. The summed E-state index contributed by atoms with van der Waals surface area (Å²) < 4.78 is 10.2. The normalized spacial score (nSPS) is 30.5. The molecular formula is C14H16N2O4. The standard InChI is InChI=1S/C14H16N2O4/c1-7-11(19-7)13(17)15-9-3-5-10(6-4-9)16-14(18)12-8(2)20-12/h3-8,11-12H,1-2H3,(H,15,17)(H,16,18). The van der Waals surface area contributed by atoms with Crippen LogP contribution < -0.4 is 10.6 Å². The van der Waals surface area contributed by atoms with Gasteiger partial charge in [-0.1, -0.05) is 0 Å². The first-order valence-corrected chi connectivity index (χ1v) is 6.57. The van der Waals surface area contributed by atoms with Crippen LogP contribution in [0.1, 0.15) is 13.8 Å². The average Bonchev–Trinajstić information content (AvgIpc) is 3.30. The summed E-state index contributed by atoms with van der Waals surface area (Å²) in [6.45, 7) is 3.70. The summed E-state index contributed by atoms with van der Waals surface area (Å²) in [5, 5.41) is 5.51. The van der Waals surface area contributed by atoms with E-state index in [-0.39, 0.29) is 36.2 Å². The molecule has 0 bridgehead atoms. The molecule has 2 aliphatic heterocycles. The molecule has 2 fully saturated rings. The minimum Gasteiger partial charge on any atom is -0.359 e. The first-order chi connectivity index (χ1) is 9.54. The van der Waals surface area contributed by atoms with E-state index < -0.39 is 0 Å². The van der Waals surface area contributed by atoms with Crippen LogP contribution in [0.25, 0.3) is 0 Å². The maximum absolute atomic E-state index is 11.7. The van der Waals surface area contributed by atoms with Gasteiger partial charge in [0.25, 0.3) is 11.8 Å². The zero-order chi connectivity index (χ0) is 14.3. The molecule has 20 heavy (non-hydrogen) atoms. The number of nitrogens with one attached hydrogen (secondary N) is 2. The molecule has 2 saturated heterocycles. The van der Waals surface area contributed by atoms with Crippen molar-refractivity contribution in [3.8, 4) is 0 Å². The molecule has 106 valence electrons. The van der Waals surface area contributed by atoms with Crippen molar-refractivity contribution in [2.45, 2.75) is 38.3 Å². The molecule has 0 saturated carbocycles. The number of benzene rings is 1. The lowest BCUT2D eigenvalue weighted by molar-refractivity contribution is -0.118. The van der Waals surface area contributed by atoms with Crippen LogP contribution in [0.4, 0.5) is 11.4 Å². The maximum Gasteiger partial charge on any atom is 0.256 e. The summed E-state index contributed by atoms with van der Waals surface area (Å²) in [5.74, 6) is -0.288. The van der Waals surface area contributed by atoms with E-state index in [0.717, 1.165) is 0 Å². The molecule has 1 aromatic rings. The number of rotatable bonds is 4. The van der Waals surface area contributed by atoms with E-state index in [9.17, 15) is 9.59 Å². The first kappa shape index (κ1) is 13.1. The average molecular weight is 276 g/mol. The highest BCUT2D eigenvalue weighted by molar-refractivity contribution is 5.98.